The van der Waals surface area contributed by atoms with Crippen molar-refractivity contribution in [1.29, 1.82) is 0 Å². The number of hydrogen-bond donors (Lipinski definition) is 0. The highest BCUT2D eigenvalue weighted by Crippen LogP contribution is 2.68. The van der Waals surface area contributed by atoms with E-state index in [9.17, 15) is 101 Å². The van der Waals surface area contributed by atoms with Crippen molar-refractivity contribution in [2.45, 2.75) is 84.5 Å². The Hall–Kier alpha value is -1.65. The number of hydrogen-bond acceptors (Lipinski definition) is 1. The third-order valence-electron chi connectivity index (χ3n) is 5.07. The van der Waals surface area contributed by atoms with Gasteiger partial charge in [0.05, 0.1) is 6.10 Å². The SMILES string of the molecule is CC1OC1C(F)(F)C(F)(F)C(F)(F)C(F)(F)C(F)(F)C(F)(F)C(F)(F)C(F)(F)C(F)(C(F)(F)F)C(F)(F)F. The fraction of sp³-hybridized carbons (Fsp3) is 1.00. The minimum Gasteiger partial charge on any atom is -0.363 e. The van der Waals surface area contributed by atoms with E-state index in [1.807, 2.05) is 0 Å². The van der Waals surface area contributed by atoms with E-state index >= 15 is 0 Å². The maximum absolute atomic E-state index is 13.6. The van der Waals surface area contributed by atoms with Gasteiger partial charge in [0.15, 0.2) is 6.10 Å². The molecule has 2 atom stereocenters. The molecule has 228 valence electrons. The molecular formula is C14H5F23O. The molecular weight excluding hydrogens is 621 g/mol. The third-order valence-corrected chi connectivity index (χ3v) is 5.07. The summed E-state index contributed by atoms with van der Waals surface area (Å²) >= 11 is 0. The molecule has 2 unspecified atom stereocenters. The molecule has 0 amide bonds. The summed E-state index contributed by atoms with van der Waals surface area (Å²) in [6, 6.07) is 0. The van der Waals surface area contributed by atoms with Gasteiger partial charge in [0.2, 0.25) is 0 Å². The molecule has 0 aromatic carbocycles. The number of alkyl halides is 23. The number of ether oxygens (including phenoxy) is 1. The second-order valence-electron chi connectivity index (χ2n) is 7.56. The Bertz CT molecular complexity index is 879. The lowest BCUT2D eigenvalue weighted by molar-refractivity contribution is -0.481. The molecule has 0 saturated carbocycles. The Morgan fingerprint density at radius 1 is 0.368 bits per heavy atom. The summed E-state index contributed by atoms with van der Waals surface area (Å²) < 4.78 is 308. The van der Waals surface area contributed by atoms with Crippen LogP contribution in [0.2, 0.25) is 0 Å². The van der Waals surface area contributed by atoms with Crippen LogP contribution in [-0.4, -0.2) is 77.6 Å². The van der Waals surface area contributed by atoms with Crippen molar-refractivity contribution in [2.75, 3.05) is 0 Å². The molecule has 0 aliphatic carbocycles. The first kappa shape index (κ1) is 34.4. The normalized spacial score (nSPS) is 22.1. The molecule has 1 heterocycles. The second-order valence-corrected chi connectivity index (χ2v) is 7.56. The largest absolute Gasteiger partial charge is 0.438 e. The highest BCUT2D eigenvalue weighted by molar-refractivity contribution is 5.21. The lowest BCUT2D eigenvalue weighted by Crippen LogP contribution is -2.79. The van der Waals surface area contributed by atoms with Crippen LogP contribution in [0, 0.1) is 0 Å². The van der Waals surface area contributed by atoms with E-state index in [0.717, 1.165) is 0 Å². The van der Waals surface area contributed by atoms with Crippen molar-refractivity contribution in [3.8, 4) is 0 Å². The second kappa shape index (κ2) is 8.19. The molecule has 1 aliphatic heterocycles. The summed E-state index contributed by atoms with van der Waals surface area (Å²) in [4.78, 5) is 0. The summed E-state index contributed by atoms with van der Waals surface area (Å²) in [7, 11) is 0. The average molecular weight is 626 g/mol. The summed E-state index contributed by atoms with van der Waals surface area (Å²) in [5.74, 6) is -70.2. The highest BCUT2D eigenvalue weighted by atomic mass is 19.4. The summed E-state index contributed by atoms with van der Waals surface area (Å²) in [5, 5.41) is 0. The minimum atomic E-state index is -9.45. The van der Waals surface area contributed by atoms with Crippen molar-refractivity contribution in [3.05, 3.63) is 0 Å². The molecule has 38 heavy (non-hydrogen) atoms. The molecule has 0 bridgehead atoms. The fourth-order valence-corrected chi connectivity index (χ4v) is 2.67. The molecule has 1 fully saturated rings. The monoisotopic (exact) mass is 626 g/mol. The summed E-state index contributed by atoms with van der Waals surface area (Å²) in [5.41, 5.74) is -9.01. The Kier molecular flexibility index (Phi) is 7.41. The standard InChI is InChI=1S/C14H5F23O/c1-2-3(38-2)4(15,16)6(18,19)8(22,23)10(26,27)12(30,31)11(28,29)9(24,25)7(20,21)5(17,13(32,33)34)14(35,36)37/h2-3H,1H3. The fourth-order valence-electron chi connectivity index (χ4n) is 2.67. The third kappa shape index (κ3) is 3.79. The maximum Gasteiger partial charge on any atom is 0.438 e. The van der Waals surface area contributed by atoms with E-state index in [1.54, 1.807) is 0 Å². The van der Waals surface area contributed by atoms with Crippen LogP contribution in [0.1, 0.15) is 6.92 Å². The van der Waals surface area contributed by atoms with Gasteiger partial charge in [-0.1, -0.05) is 0 Å². The van der Waals surface area contributed by atoms with Crippen molar-refractivity contribution < 1.29 is 106 Å². The van der Waals surface area contributed by atoms with Crippen molar-refractivity contribution >= 4 is 0 Å². The predicted octanol–water partition coefficient (Wildman–Crippen LogP) is 7.69. The predicted molar refractivity (Wildman–Crippen MR) is 69.9 cm³/mol. The quantitative estimate of drug-likeness (QED) is 0.189. The number of epoxide rings is 1. The lowest BCUT2D eigenvalue weighted by atomic mass is 9.82. The molecule has 1 aliphatic rings. The highest BCUT2D eigenvalue weighted by Gasteiger charge is 3.00. The van der Waals surface area contributed by atoms with E-state index in [-0.39, 0.29) is 0 Å². The summed E-state index contributed by atoms with van der Waals surface area (Å²) in [6.07, 6.45) is -22.8. The van der Waals surface area contributed by atoms with E-state index in [2.05, 4.69) is 4.74 Å². The van der Waals surface area contributed by atoms with Crippen LogP contribution in [0.3, 0.4) is 0 Å². The Morgan fingerprint density at radius 3 is 0.789 bits per heavy atom. The smallest absolute Gasteiger partial charge is 0.363 e. The van der Waals surface area contributed by atoms with Crippen LogP contribution in [0.5, 0.6) is 0 Å². The number of rotatable bonds is 9. The molecule has 24 heteroatoms. The van der Waals surface area contributed by atoms with Crippen molar-refractivity contribution in [1.82, 2.24) is 0 Å². The molecule has 0 spiro atoms. The van der Waals surface area contributed by atoms with Gasteiger partial charge in [-0.15, -0.1) is 0 Å². The summed E-state index contributed by atoms with van der Waals surface area (Å²) in [6.45, 7) is 0.320. The van der Waals surface area contributed by atoms with E-state index in [1.165, 1.54) is 0 Å². The van der Waals surface area contributed by atoms with Gasteiger partial charge in [-0.05, 0) is 6.92 Å². The van der Waals surface area contributed by atoms with Gasteiger partial charge in [0.25, 0.3) is 0 Å². The van der Waals surface area contributed by atoms with Gasteiger partial charge >= 0.3 is 65.4 Å². The maximum atomic E-state index is 13.6. The minimum absolute atomic E-state index is 0.320. The molecule has 1 saturated heterocycles. The zero-order valence-electron chi connectivity index (χ0n) is 16.8. The van der Waals surface area contributed by atoms with Crippen molar-refractivity contribution in [2.24, 2.45) is 0 Å². The van der Waals surface area contributed by atoms with Gasteiger partial charge in [-0.3, -0.25) is 0 Å². The molecule has 0 N–H and O–H groups in total. The molecule has 0 aromatic rings. The zero-order valence-corrected chi connectivity index (χ0v) is 16.8. The first-order chi connectivity index (χ1) is 16.0. The van der Waals surface area contributed by atoms with Gasteiger partial charge in [-0.2, -0.15) is 96.6 Å². The lowest BCUT2D eigenvalue weighted by Gasteiger charge is -2.46. The van der Waals surface area contributed by atoms with E-state index in [4.69, 9.17) is 0 Å². The first-order valence-corrected chi connectivity index (χ1v) is 8.52. The molecule has 1 rings (SSSR count). The van der Waals surface area contributed by atoms with E-state index in [0.29, 0.717) is 6.92 Å². The molecule has 0 aromatic heterocycles. The molecule has 0 radical (unpaired) electrons. The number of halogens is 23. The van der Waals surface area contributed by atoms with Crippen LogP contribution in [0.25, 0.3) is 0 Å². The van der Waals surface area contributed by atoms with Crippen LogP contribution < -0.4 is 0 Å². The van der Waals surface area contributed by atoms with Gasteiger partial charge in [0, 0.05) is 0 Å². The van der Waals surface area contributed by atoms with E-state index < -0.39 is 77.6 Å². The van der Waals surface area contributed by atoms with Crippen molar-refractivity contribution in [3.63, 3.8) is 0 Å². The average Bonchev–Trinajstić information content (AvgIpc) is 3.41. The van der Waals surface area contributed by atoms with Crippen LogP contribution in [0.15, 0.2) is 0 Å². The van der Waals surface area contributed by atoms with Gasteiger partial charge in [-0.25, -0.2) is 4.39 Å². The Balaban J connectivity index is 3.86. The Labute approximate surface area is 191 Å². The van der Waals surface area contributed by atoms with Gasteiger partial charge in [0.1, 0.15) is 0 Å². The van der Waals surface area contributed by atoms with Crippen LogP contribution in [-0.2, 0) is 4.74 Å². The topological polar surface area (TPSA) is 12.5 Å². The first-order valence-electron chi connectivity index (χ1n) is 8.52. The Morgan fingerprint density at radius 2 is 0.579 bits per heavy atom. The zero-order chi connectivity index (χ0) is 31.4. The van der Waals surface area contributed by atoms with Gasteiger partial charge < -0.3 is 4.74 Å². The van der Waals surface area contributed by atoms with Crippen LogP contribution >= 0.6 is 0 Å². The molecule has 1 nitrogen and oxygen atoms in total. The van der Waals surface area contributed by atoms with Crippen LogP contribution in [0.4, 0.5) is 101 Å².